The lowest BCUT2D eigenvalue weighted by molar-refractivity contribution is -0.139. The molecule has 6 amide bonds. The summed E-state index contributed by atoms with van der Waals surface area (Å²) in [6.45, 7) is 17.4. The molecule has 0 radical (unpaired) electrons. The minimum Gasteiger partial charge on any atom is -0.493 e. The Kier molecular flexibility index (Phi) is 35.4. The number of rotatable bonds is 46. The lowest BCUT2D eigenvalue weighted by atomic mass is 9.88. The van der Waals surface area contributed by atoms with E-state index < -0.39 is 36.2 Å². The SMILES string of the molecule is C.CCCCCOc1cc2c(cc1OC)C(=O)N1C=C(C)C[C@H]1[C@H](O)N2C(=O)OCc1ccc(CC(=O)[C@H](C)NC(=O)[C@@H](CC(=O)CCOCCOCCOCCOCCOCCOCCOCCOCCNC(=O)CCN2C(=O)CC(C)C2=O)C(C)C)cc1. The molecular weight excluding hydrogens is 1170 g/mol. The Bertz CT molecular complexity index is 2600. The second kappa shape index (κ2) is 41.9. The van der Waals surface area contributed by atoms with E-state index in [9.17, 15) is 43.5 Å². The molecule has 90 heavy (non-hydrogen) atoms. The molecule has 25 nitrogen and oxygen atoms in total. The monoisotopic (exact) mass is 1270 g/mol. The Morgan fingerprint density at radius 1 is 0.700 bits per heavy atom. The fourth-order valence-electron chi connectivity index (χ4n) is 9.84. The van der Waals surface area contributed by atoms with Crippen LogP contribution in [0.15, 0.2) is 48.2 Å². The molecule has 0 aromatic heterocycles. The first kappa shape index (κ1) is 76.0. The van der Waals surface area contributed by atoms with Crippen molar-refractivity contribution in [3.8, 4) is 11.5 Å². The number of hydrogen-bond donors (Lipinski definition) is 3. The third-order valence-corrected chi connectivity index (χ3v) is 15.0. The molecule has 3 heterocycles. The number of anilines is 1. The highest BCUT2D eigenvalue weighted by Gasteiger charge is 2.45. The topological polar surface area (TPSA) is 292 Å². The number of aliphatic hydroxyl groups is 1. The average Bonchev–Trinajstić information content (AvgIpc) is 1.61. The number of ketones is 2. The van der Waals surface area contributed by atoms with Gasteiger partial charge in [-0.2, -0.15) is 0 Å². The van der Waals surface area contributed by atoms with Gasteiger partial charge in [-0.3, -0.25) is 38.5 Å². The van der Waals surface area contributed by atoms with Crippen molar-refractivity contribution < 1.29 is 95.6 Å². The second-order valence-electron chi connectivity index (χ2n) is 22.4. The summed E-state index contributed by atoms with van der Waals surface area (Å²) in [5.74, 6) is -2.35. The zero-order valence-electron chi connectivity index (χ0n) is 53.1. The number of likely N-dealkylation sites (tertiary alicyclic amines) is 1. The highest BCUT2D eigenvalue weighted by Crippen LogP contribution is 2.42. The number of aliphatic hydroxyl groups excluding tert-OH is 1. The van der Waals surface area contributed by atoms with Crippen LogP contribution in [0.4, 0.5) is 10.5 Å². The van der Waals surface area contributed by atoms with Crippen LogP contribution < -0.4 is 25.0 Å². The van der Waals surface area contributed by atoms with E-state index in [1.165, 1.54) is 24.1 Å². The highest BCUT2D eigenvalue weighted by molar-refractivity contribution is 6.06. The molecule has 3 aliphatic heterocycles. The van der Waals surface area contributed by atoms with Crippen molar-refractivity contribution in [1.82, 2.24) is 20.4 Å². The lowest BCUT2D eigenvalue weighted by Gasteiger charge is -2.31. The van der Waals surface area contributed by atoms with Crippen molar-refractivity contribution in [2.45, 2.75) is 132 Å². The molecule has 0 aliphatic carbocycles. The molecule has 1 fully saturated rings. The van der Waals surface area contributed by atoms with Crippen LogP contribution in [0.2, 0.25) is 0 Å². The molecule has 0 saturated carbocycles. The number of hydrogen-bond acceptors (Lipinski definition) is 20. The smallest absolute Gasteiger partial charge is 0.416 e. The minimum atomic E-state index is -1.44. The molecule has 0 bridgehead atoms. The maximum Gasteiger partial charge on any atom is 0.416 e. The average molecular weight is 1270 g/mol. The van der Waals surface area contributed by atoms with Crippen LogP contribution in [0.25, 0.3) is 0 Å². The molecule has 5 rings (SSSR count). The van der Waals surface area contributed by atoms with Gasteiger partial charge in [0.15, 0.2) is 23.5 Å². The van der Waals surface area contributed by atoms with Crippen molar-refractivity contribution in [3.05, 3.63) is 64.9 Å². The van der Waals surface area contributed by atoms with Crippen molar-refractivity contribution in [2.24, 2.45) is 17.8 Å². The van der Waals surface area contributed by atoms with Crippen molar-refractivity contribution in [3.63, 3.8) is 0 Å². The number of benzene rings is 2. The molecule has 3 aliphatic rings. The van der Waals surface area contributed by atoms with Gasteiger partial charge in [0, 0.05) is 69.3 Å². The lowest BCUT2D eigenvalue weighted by Crippen LogP contribution is -2.50. The van der Waals surface area contributed by atoms with E-state index in [1.807, 2.05) is 20.8 Å². The summed E-state index contributed by atoms with van der Waals surface area (Å²) >= 11 is 0. The Balaban J connectivity index is 0.0000173. The standard InChI is InChI=1S/C64H95N5O20.CH4/c1-8-9-10-19-88-57-41-53-52(40-56(57)79-7)62(76)68-42-45(4)36-54(68)63(77)69(53)64(78)89-43-49-13-11-48(12-14-49)38-55(71)47(6)66-60(74)51(44(2)3)39-50(70)16-20-80-22-24-82-26-28-84-30-32-86-34-35-87-33-31-85-29-27-83-25-23-81-21-17-65-58(72)15-18-67-59(73)37-46(5)61(67)75;/h11-14,40-42,44,46-47,51,54,63,77H,8-10,15-39,43H2,1-7H3,(H,65,72)(H,66,74);1H4/t46?,47-,51-,54-,63-;/m0./s1. The molecule has 504 valence electrons. The molecule has 25 heteroatoms. The van der Waals surface area contributed by atoms with Gasteiger partial charge in [0.1, 0.15) is 12.4 Å². The number of nitrogens with one attached hydrogen (secondary N) is 2. The van der Waals surface area contributed by atoms with Gasteiger partial charge in [0.25, 0.3) is 5.91 Å². The molecule has 2 aromatic rings. The summed E-state index contributed by atoms with van der Waals surface area (Å²) in [6.07, 6.45) is 2.86. The van der Waals surface area contributed by atoms with Crippen LogP contribution in [-0.4, -0.2) is 213 Å². The molecule has 2 aromatic carbocycles. The Morgan fingerprint density at radius 2 is 1.26 bits per heavy atom. The summed E-state index contributed by atoms with van der Waals surface area (Å²) < 4.78 is 61.5. The zero-order valence-corrected chi connectivity index (χ0v) is 53.1. The maximum absolute atomic E-state index is 14.0. The fraction of sp³-hybridized carbons (Fsp3) is 0.662. The van der Waals surface area contributed by atoms with Crippen molar-refractivity contribution in [1.29, 1.82) is 0 Å². The number of nitrogens with zero attached hydrogens (tertiary/aromatic N) is 3. The second-order valence-corrected chi connectivity index (χ2v) is 22.4. The Morgan fingerprint density at radius 3 is 1.79 bits per heavy atom. The van der Waals surface area contributed by atoms with E-state index in [4.69, 9.17) is 52.1 Å². The number of amides is 6. The van der Waals surface area contributed by atoms with Gasteiger partial charge in [-0.25, -0.2) is 9.69 Å². The third kappa shape index (κ3) is 25.7. The molecule has 3 N–H and O–H groups in total. The van der Waals surface area contributed by atoms with Crippen molar-refractivity contribution in [2.75, 3.05) is 137 Å². The summed E-state index contributed by atoms with van der Waals surface area (Å²) in [4.78, 5) is 107. The van der Waals surface area contributed by atoms with E-state index >= 15 is 0 Å². The quantitative estimate of drug-likeness (QED) is 0.0524. The number of Topliss-reactive ketones (excluding diaryl/α,β-unsaturated/α-hetero) is 2. The third-order valence-electron chi connectivity index (χ3n) is 15.0. The van der Waals surface area contributed by atoms with Gasteiger partial charge in [-0.05, 0) is 49.8 Å². The van der Waals surface area contributed by atoms with Crippen LogP contribution in [-0.2, 0) is 84.4 Å². The van der Waals surface area contributed by atoms with Gasteiger partial charge in [0.2, 0.25) is 23.6 Å². The molecule has 0 spiro atoms. The predicted octanol–water partition coefficient (Wildman–Crippen LogP) is 5.77. The number of methoxy groups -OCH3 is 1. The number of imide groups is 1. The summed E-state index contributed by atoms with van der Waals surface area (Å²) in [6, 6.07) is 8.40. The largest absolute Gasteiger partial charge is 0.493 e. The van der Waals surface area contributed by atoms with E-state index in [0.717, 1.165) is 34.6 Å². The first-order valence-corrected chi connectivity index (χ1v) is 31.1. The van der Waals surface area contributed by atoms with Crippen LogP contribution in [0, 0.1) is 17.8 Å². The van der Waals surface area contributed by atoms with Gasteiger partial charge in [-0.15, -0.1) is 0 Å². The minimum absolute atomic E-state index is 0. The van der Waals surface area contributed by atoms with Crippen LogP contribution in [0.3, 0.4) is 0 Å². The van der Waals surface area contributed by atoms with E-state index in [1.54, 1.807) is 44.3 Å². The number of carbonyl (C=O) groups excluding carboxylic acids is 8. The van der Waals surface area contributed by atoms with Crippen molar-refractivity contribution >= 4 is 52.9 Å². The molecule has 5 atom stereocenters. The summed E-state index contributed by atoms with van der Waals surface area (Å²) in [5, 5.41) is 17.2. The number of fused-ring (bicyclic) bond motifs is 2. The van der Waals surface area contributed by atoms with Gasteiger partial charge >= 0.3 is 6.09 Å². The molecular formula is C65H99N5O20. The van der Waals surface area contributed by atoms with Crippen LogP contribution >= 0.6 is 0 Å². The summed E-state index contributed by atoms with van der Waals surface area (Å²) in [5.41, 5.74) is 2.42. The van der Waals surface area contributed by atoms with E-state index in [-0.39, 0.29) is 124 Å². The first-order chi connectivity index (χ1) is 42.9. The van der Waals surface area contributed by atoms with Gasteiger partial charge < -0.3 is 72.7 Å². The Hall–Kier alpha value is -6.42. The van der Waals surface area contributed by atoms with Gasteiger partial charge in [0.05, 0.1) is 143 Å². The Labute approximate surface area is 530 Å². The summed E-state index contributed by atoms with van der Waals surface area (Å²) in [7, 11) is 1.47. The van der Waals surface area contributed by atoms with Crippen LogP contribution in [0.1, 0.15) is 122 Å². The van der Waals surface area contributed by atoms with E-state index in [0.29, 0.717) is 135 Å². The highest BCUT2D eigenvalue weighted by atomic mass is 16.6. The van der Waals surface area contributed by atoms with Crippen LogP contribution in [0.5, 0.6) is 11.5 Å². The van der Waals surface area contributed by atoms with E-state index in [2.05, 4.69) is 17.6 Å². The number of unbranched alkanes of at least 4 members (excludes halogenated alkanes) is 2. The number of ether oxygens (including phenoxy) is 11. The normalized spacial score (nSPS) is 16.9. The molecule has 1 unspecified atom stereocenters. The maximum atomic E-state index is 14.0. The first-order valence-electron chi connectivity index (χ1n) is 31.1. The van der Waals surface area contributed by atoms with Gasteiger partial charge in [-0.1, -0.05) is 77.8 Å². The number of carbonyl (C=O) groups is 8. The molecule has 1 saturated heterocycles. The zero-order chi connectivity index (χ0) is 64.5. The fourth-order valence-corrected chi connectivity index (χ4v) is 9.84. The predicted molar refractivity (Wildman–Crippen MR) is 332 cm³/mol.